The first-order valence-electron chi connectivity index (χ1n) is 35.8. The van der Waals surface area contributed by atoms with Crippen molar-refractivity contribution in [1.82, 2.24) is 29.9 Å². The highest BCUT2D eigenvalue weighted by Gasteiger charge is 2.10. The number of nitrogens with zero attached hydrogens (tertiary/aromatic N) is 6. The molecule has 18 rings (SSSR count). The van der Waals surface area contributed by atoms with E-state index in [9.17, 15) is 0 Å². The van der Waals surface area contributed by atoms with Crippen molar-refractivity contribution in [3.63, 3.8) is 0 Å². The Hall–Kier alpha value is -13.4. The van der Waals surface area contributed by atoms with E-state index in [1.165, 1.54) is 156 Å². The van der Waals surface area contributed by atoms with E-state index in [1.807, 2.05) is 73.8 Å². The molecule has 0 atom stereocenters. The molecule has 0 fully saturated rings. The van der Waals surface area contributed by atoms with Gasteiger partial charge in [-0.05, 0) is 245 Å². The minimum absolute atomic E-state index is 1.00. The van der Waals surface area contributed by atoms with E-state index in [0.717, 1.165) is 22.3 Å². The summed E-state index contributed by atoms with van der Waals surface area (Å²) in [5.74, 6) is 0. The summed E-state index contributed by atoms with van der Waals surface area (Å²) in [5.41, 5.74) is 26.9. The number of aryl methyl sites for hydroxylation is 6. The molecule has 0 aliphatic carbocycles. The maximum absolute atomic E-state index is 4.07. The van der Waals surface area contributed by atoms with Crippen LogP contribution in [0.3, 0.4) is 0 Å². The van der Waals surface area contributed by atoms with Gasteiger partial charge in [0.15, 0.2) is 0 Å². The van der Waals surface area contributed by atoms with E-state index < -0.39 is 0 Å². The molecule has 0 spiro atoms. The van der Waals surface area contributed by atoms with Gasteiger partial charge in [-0.3, -0.25) is 9.97 Å². The molecule has 512 valence electrons. The normalized spacial score (nSPS) is 10.5. The van der Waals surface area contributed by atoms with Gasteiger partial charge in [0.2, 0.25) is 0 Å². The number of rotatable bonds is 8. The van der Waals surface area contributed by atoms with Crippen LogP contribution in [0.4, 0.5) is 0 Å². The predicted octanol–water partition coefficient (Wildman–Crippen LogP) is 26.3. The van der Waals surface area contributed by atoms with Crippen molar-refractivity contribution in [1.29, 1.82) is 0 Å². The first-order valence-corrected chi connectivity index (χ1v) is 35.8. The van der Waals surface area contributed by atoms with E-state index in [1.54, 1.807) is 0 Å². The smallest absolute Gasteiger partial charge is 0.115 e. The van der Waals surface area contributed by atoms with Gasteiger partial charge in [-0.25, -0.2) is 19.9 Å². The van der Waals surface area contributed by atoms with Gasteiger partial charge in [0.05, 0.1) is 0 Å². The summed E-state index contributed by atoms with van der Waals surface area (Å²) in [5, 5.41) is 10.5. The lowest BCUT2D eigenvalue weighted by Crippen LogP contribution is -1.87. The van der Waals surface area contributed by atoms with Gasteiger partial charge in [-0.1, -0.05) is 279 Å². The highest BCUT2D eigenvalue weighted by atomic mass is 14.8. The van der Waals surface area contributed by atoms with Gasteiger partial charge < -0.3 is 0 Å². The standard InChI is InChI=1S/2C23H18.C17H14N2.C15H12N4.2C11H10/c1-17-14-20(18-8-3-2-4-9-18)16-21(15-17)23-13-7-11-19-10-5-6-12-22(19)23;1-17-13-22(18-7-3-2-4-8-18)16-23(14-17)21-12-11-19-9-5-6-10-20(19)15-21;1-13-10-16(14-2-6-18-7-3-14)12-17(11-13)15-4-8-19-9-5-15;1-11-2-12(14-5-16-9-17-6-14)4-13(3-11)15-7-18-10-19-8-15;1-9-5-4-7-10-6-2-3-8-11(9)10;1-9-6-7-10-4-2-3-5-11(10)8-9/h2*2-16H,1H3;2-12H,1H3;2-10H,1H3;2*2-8H,1H3. The third-order valence-corrected chi connectivity index (χ3v) is 18.4. The van der Waals surface area contributed by atoms with Crippen LogP contribution in [0.5, 0.6) is 0 Å². The van der Waals surface area contributed by atoms with Crippen LogP contribution in [0.25, 0.3) is 132 Å². The van der Waals surface area contributed by atoms with Crippen molar-refractivity contribution in [2.75, 3.05) is 0 Å². The van der Waals surface area contributed by atoms with Crippen molar-refractivity contribution in [2.45, 2.75) is 41.5 Å². The number of hydrogen-bond acceptors (Lipinski definition) is 6. The molecule has 0 aliphatic rings. The second-order valence-electron chi connectivity index (χ2n) is 26.5. The Kier molecular flexibility index (Phi) is 23.4. The van der Waals surface area contributed by atoms with E-state index >= 15 is 0 Å². The van der Waals surface area contributed by atoms with E-state index in [-0.39, 0.29) is 0 Å². The Morgan fingerprint density at radius 2 is 0.500 bits per heavy atom. The van der Waals surface area contributed by atoms with Crippen LogP contribution < -0.4 is 0 Å². The first-order chi connectivity index (χ1) is 52.0. The molecular weight excluding hydrogens is 1290 g/mol. The van der Waals surface area contributed by atoms with Crippen LogP contribution in [0, 0.1) is 41.5 Å². The number of hydrogen-bond donors (Lipinski definition) is 0. The number of pyridine rings is 2. The van der Waals surface area contributed by atoms with E-state index in [2.05, 4.69) is 375 Å². The van der Waals surface area contributed by atoms with Crippen LogP contribution >= 0.6 is 0 Å². The molecule has 0 unspecified atom stereocenters. The molecule has 6 nitrogen and oxygen atoms in total. The Morgan fingerprint density at radius 3 is 0.962 bits per heavy atom. The zero-order chi connectivity index (χ0) is 72.8. The predicted molar refractivity (Wildman–Crippen MR) is 447 cm³/mol. The zero-order valence-electron chi connectivity index (χ0n) is 60.6. The Balaban J connectivity index is 0.000000115. The molecule has 4 aromatic heterocycles. The largest absolute Gasteiger partial charge is 0.265 e. The minimum Gasteiger partial charge on any atom is -0.265 e. The molecule has 18 aromatic rings. The van der Waals surface area contributed by atoms with Crippen LogP contribution in [0.1, 0.15) is 33.4 Å². The topological polar surface area (TPSA) is 77.3 Å². The van der Waals surface area contributed by atoms with Gasteiger partial charge in [0.25, 0.3) is 0 Å². The highest BCUT2D eigenvalue weighted by molar-refractivity contribution is 5.97. The fourth-order valence-corrected chi connectivity index (χ4v) is 13.2. The monoisotopic (exact) mass is 1370 g/mol. The Labute approximate surface area is 622 Å². The van der Waals surface area contributed by atoms with E-state index in [0.29, 0.717) is 0 Å². The third-order valence-electron chi connectivity index (χ3n) is 18.4. The van der Waals surface area contributed by atoms with Crippen LogP contribution in [-0.4, -0.2) is 29.9 Å². The Morgan fingerprint density at radius 1 is 0.170 bits per heavy atom. The van der Waals surface area contributed by atoms with E-state index in [4.69, 9.17) is 0 Å². The summed E-state index contributed by atoms with van der Waals surface area (Å²) in [7, 11) is 0. The fourth-order valence-electron chi connectivity index (χ4n) is 13.2. The maximum Gasteiger partial charge on any atom is 0.115 e. The summed E-state index contributed by atoms with van der Waals surface area (Å²) in [6, 6.07) is 116. The molecule has 0 radical (unpaired) electrons. The molecule has 4 heterocycles. The van der Waals surface area contributed by atoms with Crippen molar-refractivity contribution >= 4 is 43.1 Å². The summed E-state index contributed by atoms with van der Waals surface area (Å²) < 4.78 is 0. The van der Waals surface area contributed by atoms with Gasteiger partial charge in [-0.15, -0.1) is 0 Å². The molecule has 0 saturated heterocycles. The molecule has 106 heavy (non-hydrogen) atoms. The average molecular weight is 1370 g/mol. The first kappa shape index (κ1) is 71.0. The lowest BCUT2D eigenvalue weighted by Gasteiger charge is -2.11. The van der Waals surface area contributed by atoms with Gasteiger partial charge in [-0.2, -0.15) is 0 Å². The number of aromatic nitrogens is 6. The van der Waals surface area contributed by atoms with Crippen LogP contribution in [0.15, 0.2) is 390 Å². The highest BCUT2D eigenvalue weighted by Crippen LogP contribution is 2.35. The fraction of sp³-hybridized carbons (Fsp3) is 0.0600. The molecule has 0 bridgehead atoms. The minimum atomic E-state index is 1.00. The average Bonchev–Trinajstić information content (AvgIpc) is 0.798. The second kappa shape index (κ2) is 35.0. The molecule has 0 saturated carbocycles. The number of benzene rings is 14. The van der Waals surface area contributed by atoms with Crippen LogP contribution in [0.2, 0.25) is 0 Å². The summed E-state index contributed by atoms with van der Waals surface area (Å²) >= 11 is 0. The Bertz CT molecular complexity index is 5630. The second-order valence-corrected chi connectivity index (χ2v) is 26.5. The molecular formula is C100H82N6. The van der Waals surface area contributed by atoms with Crippen molar-refractivity contribution in [2.24, 2.45) is 0 Å². The summed E-state index contributed by atoms with van der Waals surface area (Å²) in [6.07, 6.45) is 17.6. The van der Waals surface area contributed by atoms with Crippen molar-refractivity contribution in [3.8, 4) is 89.0 Å². The number of fused-ring (bicyclic) bond motifs is 4. The molecule has 0 aliphatic heterocycles. The lowest BCUT2D eigenvalue weighted by atomic mass is 9.93. The van der Waals surface area contributed by atoms with Crippen molar-refractivity contribution in [3.05, 3.63) is 423 Å². The molecule has 0 N–H and O–H groups in total. The zero-order valence-corrected chi connectivity index (χ0v) is 60.6. The lowest BCUT2D eigenvalue weighted by molar-refractivity contribution is 1.17. The van der Waals surface area contributed by atoms with Crippen LogP contribution in [-0.2, 0) is 0 Å². The molecule has 0 amide bonds. The molecule has 14 aromatic carbocycles. The van der Waals surface area contributed by atoms with Gasteiger partial charge in [0.1, 0.15) is 12.7 Å². The molecule has 6 heteroatoms. The third kappa shape index (κ3) is 18.8. The summed E-state index contributed by atoms with van der Waals surface area (Å²) in [4.78, 5) is 24.4. The maximum atomic E-state index is 4.07. The SMILES string of the molecule is Cc1cc(-c2ccccc2)cc(-c2ccc3ccccc3c2)c1.Cc1cc(-c2ccccc2)cc(-c2cccc3ccccc23)c1.Cc1cc(-c2ccncc2)cc(-c2ccncc2)c1.Cc1cc(-c2cncnc2)cc(-c2cncnc2)c1.Cc1ccc2ccccc2c1.Cc1cccc2ccccc12. The summed E-state index contributed by atoms with van der Waals surface area (Å²) in [6.45, 7) is 12.8. The quantitative estimate of drug-likeness (QED) is 0.151. The van der Waals surface area contributed by atoms with Crippen molar-refractivity contribution < 1.29 is 0 Å². The van der Waals surface area contributed by atoms with Gasteiger partial charge in [0, 0.05) is 60.7 Å². The van der Waals surface area contributed by atoms with Gasteiger partial charge >= 0.3 is 0 Å².